The monoisotopic (exact) mass is 299 g/mol. The van der Waals surface area contributed by atoms with Crippen molar-refractivity contribution >= 4 is 28.9 Å². The zero-order valence-electron chi connectivity index (χ0n) is 10.2. The van der Waals surface area contributed by atoms with Gasteiger partial charge in [0.05, 0.1) is 10.7 Å². The van der Waals surface area contributed by atoms with Crippen molar-refractivity contribution in [2.24, 2.45) is 0 Å². The summed E-state index contributed by atoms with van der Waals surface area (Å²) in [7, 11) is 1.73. The van der Waals surface area contributed by atoms with Crippen LogP contribution in [0.2, 0.25) is 10.0 Å². The lowest BCUT2D eigenvalue weighted by atomic mass is 10.1. The molecule has 0 atom stereocenters. The molecule has 1 N–H and O–H groups in total. The van der Waals surface area contributed by atoms with Gasteiger partial charge in [-0.05, 0) is 24.3 Å². The fourth-order valence-electron chi connectivity index (χ4n) is 1.84. The summed E-state index contributed by atoms with van der Waals surface area (Å²) in [5.41, 5.74) is 0.987. The molecule has 100 valence electrons. The van der Waals surface area contributed by atoms with Crippen LogP contribution in [0.3, 0.4) is 0 Å². The quantitative estimate of drug-likeness (QED) is 0.903. The van der Waals surface area contributed by atoms with Gasteiger partial charge in [-0.2, -0.15) is 0 Å². The standard InChI is InChI=1S/C14H12Cl2FNO/c1-18(13-5-3-2-4-12(13)17)8-9-6-10(15)7-11(16)14(9)19/h2-7,19H,8H2,1H3. The van der Waals surface area contributed by atoms with E-state index in [1.807, 2.05) is 0 Å². The van der Waals surface area contributed by atoms with Crippen LogP contribution in [0.5, 0.6) is 5.75 Å². The van der Waals surface area contributed by atoms with E-state index in [1.165, 1.54) is 12.1 Å². The molecule has 0 aliphatic carbocycles. The summed E-state index contributed by atoms with van der Waals surface area (Å²) >= 11 is 11.7. The fourth-order valence-corrected chi connectivity index (χ4v) is 2.38. The molecule has 0 unspecified atom stereocenters. The maximum absolute atomic E-state index is 13.6. The lowest BCUT2D eigenvalue weighted by Crippen LogP contribution is -2.17. The Balaban J connectivity index is 2.29. The van der Waals surface area contributed by atoms with Gasteiger partial charge in [-0.3, -0.25) is 0 Å². The molecule has 0 aliphatic rings. The molecule has 19 heavy (non-hydrogen) atoms. The molecule has 0 bridgehead atoms. The van der Waals surface area contributed by atoms with E-state index >= 15 is 0 Å². The Hall–Kier alpha value is -1.45. The zero-order valence-corrected chi connectivity index (χ0v) is 11.7. The Morgan fingerprint density at radius 1 is 1.21 bits per heavy atom. The van der Waals surface area contributed by atoms with Gasteiger partial charge < -0.3 is 10.0 Å². The highest BCUT2D eigenvalue weighted by atomic mass is 35.5. The number of phenolic OH excluding ortho intramolecular Hbond substituents is 1. The first kappa shape index (κ1) is 14.0. The third-order valence-corrected chi connectivity index (χ3v) is 3.28. The van der Waals surface area contributed by atoms with Crippen LogP contribution in [0.15, 0.2) is 36.4 Å². The largest absolute Gasteiger partial charge is 0.506 e. The molecule has 5 heteroatoms. The fraction of sp³-hybridized carbons (Fsp3) is 0.143. The second kappa shape index (κ2) is 5.68. The first-order valence-corrected chi connectivity index (χ1v) is 6.37. The molecule has 2 nitrogen and oxygen atoms in total. The van der Waals surface area contributed by atoms with Crippen LogP contribution in [-0.2, 0) is 6.54 Å². The van der Waals surface area contributed by atoms with Gasteiger partial charge in [0.1, 0.15) is 11.6 Å². The van der Waals surface area contributed by atoms with Crippen molar-refractivity contribution in [2.75, 3.05) is 11.9 Å². The number of halogens is 3. The van der Waals surface area contributed by atoms with E-state index in [0.29, 0.717) is 22.8 Å². The SMILES string of the molecule is CN(Cc1cc(Cl)cc(Cl)c1O)c1ccccc1F. The van der Waals surface area contributed by atoms with Gasteiger partial charge in [-0.15, -0.1) is 0 Å². The molecule has 0 saturated heterocycles. The van der Waals surface area contributed by atoms with Crippen molar-refractivity contribution in [3.8, 4) is 5.75 Å². The predicted octanol–water partition coefficient (Wildman–Crippen LogP) is 4.47. The Kier molecular flexibility index (Phi) is 4.17. The summed E-state index contributed by atoms with van der Waals surface area (Å²) in [4.78, 5) is 1.68. The highest BCUT2D eigenvalue weighted by Crippen LogP contribution is 2.32. The number of aromatic hydroxyl groups is 1. The van der Waals surface area contributed by atoms with Crippen molar-refractivity contribution in [1.29, 1.82) is 0 Å². The molecule has 2 aromatic carbocycles. The molecule has 0 saturated carbocycles. The maximum Gasteiger partial charge on any atom is 0.146 e. The van der Waals surface area contributed by atoms with Gasteiger partial charge in [0, 0.05) is 24.2 Å². The number of hydrogen-bond acceptors (Lipinski definition) is 2. The lowest BCUT2D eigenvalue weighted by Gasteiger charge is -2.21. The average molecular weight is 300 g/mol. The summed E-state index contributed by atoms with van der Waals surface area (Å²) in [5, 5.41) is 10.5. The van der Waals surface area contributed by atoms with Gasteiger partial charge >= 0.3 is 0 Å². The molecular formula is C14H12Cl2FNO. The van der Waals surface area contributed by atoms with E-state index < -0.39 is 0 Å². The minimum Gasteiger partial charge on any atom is -0.506 e. The van der Waals surface area contributed by atoms with Gasteiger partial charge in [0.15, 0.2) is 0 Å². The van der Waals surface area contributed by atoms with E-state index in [0.717, 1.165) is 0 Å². The second-order valence-corrected chi connectivity index (χ2v) is 5.05. The first-order chi connectivity index (χ1) is 8.99. The summed E-state index contributed by atoms with van der Waals surface area (Å²) in [6, 6.07) is 9.50. The number of anilines is 1. The molecule has 0 aromatic heterocycles. The van der Waals surface area contributed by atoms with E-state index in [2.05, 4.69) is 0 Å². The van der Waals surface area contributed by atoms with Crippen molar-refractivity contribution < 1.29 is 9.50 Å². The van der Waals surface area contributed by atoms with Crippen molar-refractivity contribution in [2.45, 2.75) is 6.54 Å². The summed E-state index contributed by atoms with van der Waals surface area (Å²) in [5.74, 6) is -0.355. The number of phenols is 1. The number of nitrogens with zero attached hydrogens (tertiary/aromatic N) is 1. The first-order valence-electron chi connectivity index (χ1n) is 5.61. The number of para-hydroxylation sites is 1. The molecule has 0 aliphatic heterocycles. The van der Waals surface area contributed by atoms with Crippen LogP contribution < -0.4 is 4.90 Å². The average Bonchev–Trinajstić information content (AvgIpc) is 2.35. The summed E-state index contributed by atoms with van der Waals surface area (Å²) in [6.45, 7) is 0.299. The van der Waals surface area contributed by atoms with E-state index in [4.69, 9.17) is 23.2 Å². The summed E-state index contributed by atoms with van der Waals surface area (Å²) in [6.07, 6.45) is 0. The Bertz CT molecular complexity index is 604. The van der Waals surface area contributed by atoms with Gasteiger partial charge in [-0.1, -0.05) is 35.3 Å². The second-order valence-electron chi connectivity index (χ2n) is 4.20. The molecule has 2 aromatic rings. The van der Waals surface area contributed by atoms with Crippen molar-refractivity contribution in [3.63, 3.8) is 0 Å². The molecule has 0 radical (unpaired) electrons. The van der Waals surface area contributed by atoms with Crippen LogP contribution >= 0.6 is 23.2 Å². The molecular weight excluding hydrogens is 288 g/mol. The van der Waals surface area contributed by atoms with E-state index in [1.54, 1.807) is 36.2 Å². The Morgan fingerprint density at radius 2 is 1.89 bits per heavy atom. The highest BCUT2D eigenvalue weighted by Gasteiger charge is 2.12. The summed E-state index contributed by atoms with van der Waals surface area (Å²) < 4.78 is 13.6. The number of benzene rings is 2. The molecule has 0 spiro atoms. The number of rotatable bonds is 3. The van der Waals surface area contributed by atoms with E-state index in [-0.39, 0.29) is 16.6 Å². The molecule has 0 fully saturated rings. The van der Waals surface area contributed by atoms with E-state index in [9.17, 15) is 9.50 Å². The van der Waals surface area contributed by atoms with Crippen molar-refractivity contribution in [1.82, 2.24) is 0 Å². The molecule has 0 heterocycles. The van der Waals surface area contributed by atoms with Crippen LogP contribution in [0.1, 0.15) is 5.56 Å². The normalized spacial score (nSPS) is 10.5. The molecule has 2 rings (SSSR count). The Morgan fingerprint density at radius 3 is 2.58 bits per heavy atom. The smallest absolute Gasteiger partial charge is 0.146 e. The minimum absolute atomic E-state index is 0.0331. The third-order valence-electron chi connectivity index (χ3n) is 2.78. The third kappa shape index (κ3) is 3.11. The van der Waals surface area contributed by atoms with Crippen LogP contribution in [0, 0.1) is 5.82 Å². The maximum atomic E-state index is 13.6. The molecule has 0 amide bonds. The van der Waals surface area contributed by atoms with Crippen LogP contribution in [0.25, 0.3) is 0 Å². The number of hydrogen-bond donors (Lipinski definition) is 1. The van der Waals surface area contributed by atoms with Gasteiger partial charge in [0.25, 0.3) is 0 Å². The van der Waals surface area contributed by atoms with Crippen LogP contribution in [-0.4, -0.2) is 12.2 Å². The predicted molar refractivity (Wildman–Crippen MR) is 76.6 cm³/mol. The van der Waals surface area contributed by atoms with Gasteiger partial charge in [0.2, 0.25) is 0 Å². The zero-order chi connectivity index (χ0) is 14.0. The topological polar surface area (TPSA) is 23.5 Å². The Labute approximate surface area is 121 Å². The van der Waals surface area contributed by atoms with Crippen molar-refractivity contribution in [3.05, 3.63) is 57.8 Å². The van der Waals surface area contributed by atoms with Crippen LogP contribution in [0.4, 0.5) is 10.1 Å². The lowest BCUT2D eigenvalue weighted by molar-refractivity contribution is 0.468. The highest BCUT2D eigenvalue weighted by molar-refractivity contribution is 6.35. The minimum atomic E-state index is -0.322. The van der Waals surface area contributed by atoms with Gasteiger partial charge in [-0.25, -0.2) is 4.39 Å².